The van der Waals surface area contributed by atoms with Crippen LogP contribution in [0.15, 0.2) is 0 Å². The Morgan fingerprint density at radius 1 is 1.33 bits per heavy atom. The van der Waals surface area contributed by atoms with E-state index in [-0.39, 0.29) is 29.2 Å². The third-order valence-electron chi connectivity index (χ3n) is 3.26. The van der Waals surface area contributed by atoms with Gasteiger partial charge < -0.3 is 20.6 Å². The molecule has 0 amide bonds. The van der Waals surface area contributed by atoms with Gasteiger partial charge in [-0.05, 0) is 30.9 Å². The minimum Gasteiger partial charge on any atom is -0.394 e. The smallest absolute Gasteiger partial charge is 0.225 e. The average Bonchev–Trinajstić information content (AvgIpc) is 2.88. The fraction of sp³-hybridized carbons (Fsp3) is 0.667. The summed E-state index contributed by atoms with van der Waals surface area (Å²) in [4.78, 5) is 8.09. The summed E-state index contributed by atoms with van der Waals surface area (Å²) in [5.74, 6) is 0.558. The monoisotopic (exact) mass is 335 g/mol. The molecule has 1 heterocycles. The SMILES string of the molecule is CNNc1c(Cl)nc(Cl)nc1NC1CCC(OCCO)C1. The van der Waals surface area contributed by atoms with Crippen molar-refractivity contribution >= 4 is 34.7 Å². The van der Waals surface area contributed by atoms with Crippen molar-refractivity contribution in [2.45, 2.75) is 31.4 Å². The quantitative estimate of drug-likeness (QED) is 0.342. The predicted molar refractivity (Wildman–Crippen MR) is 82.8 cm³/mol. The molecule has 1 fully saturated rings. The second kappa shape index (κ2) is 7.95. The highest BCUT2D eigenvalue weighted by atomic mass is 35.5. The summed E-state index contributed by atoms with van der Waals surface area (Å²) in [5.41, 5.74) is 6.25. The Hall–Kier alpha value is -0.860. The molecule has 0 radical (unpaired) electrons. The van der Waals surface area contributed by atoms with Gasteiger partial charge in [0.05, 0.1) is 19.3 Å². The predicted octanol–water partition coefficient (Wildman–Crippen LogP) is 1.67. The number of hydrogen-bond donors (Lipinski definition) is 4. The van der Waals surface area contributed by atoms with Gasteiger partial charge in [0, 0.05) is 13.1 Å². The number of hydrazine groups is 1. The Balaban J connectivity index is 2.02. The Morgan fingerprint density at radius 3 is 2.86 bits per heavy atom. The molecule has 0 aromatic carbocycles. The maximum Gasteiger partial charge on any atom is 0.225 e. The molecule has 0 bridgehead atoms. The third-order valence-corrected chi connectivity index (χ3v) is 3.70. The lowest BCUT2D eigenvalue weighted by molar-refractivity contribution is 0.0326. The van der Waals surface area contributed by atoms with Crippen LogP contribution in [0.2, 0.25) is 10.4 Å². The molecule has 2 unspecified atom stereocenters. The van der Waals surface area contributed by atoms with Crippen molar-refractivity contribution < 1.29 is 9.84 Å². The number of rotatable bonds is 7. The van der Waals surface area contributed by atoms with Crippen LogP contribution in [0.5, 0.6) is 0 Å². The summed E-state index contributed by atoms with van der Waals surface area (Å²) in [5, 5.41) is 12.4. The van der Waals surface area contributed by atoms with Crippen molar-refractivity contribution in [3.8, 4) is 0 Å². The zero-order valence-electron chi connectivity index (χ0n) is 11.7. The molecule has 0 spiro atoms. The van der Waals surface area contributed by atoms with Gasteiger partial charge in [-0.25, -0.2) is 10.4 Å². The number of aliphatic hydroxyl groups excluding tert-OH is 1. The standard InChI is InChI=1S/C12H19Cl2N5O2/c1-15-19-9-10(13)17-12(14)18-11(9)16-7-2-3-8(6-7)21-5-4-20/h7-8,15,19-20H,2-6H2,1H3,(H,16,17,18). The van der Waals surface area contributed by atoms with E-state index in [0.717, 1.165) is 19.3 Å². The Bertz CT molecular complexity index is 477. The molecule has 1 aromatic heterocycles. The van der Waals surface area contributed by atoms with E-state index < -0.39 is 0 Å². The first-order chi connectivity index (χ1) is 10.1. The number of ether oxygens (including phenoxy) is 1. The molecule has 21 heavy (non-hydrogen) atoms. The van der Waals surface area contributed by atoms with E-state index >= 15 is 0 Å². The molecule has 7 nitrogen and oxygen atoms in total. The Kier molecular flexibility index (Phi) is 6.25. The third kappa shape index (κ3) is 4.55. The maximum absolute atomic E-state index is 8.78. The van der Waals surface area contributed by atoms with Crippen LogP contribution in [0.4, 0.5) is 11.5 Å². The van der Waals surface area contributed by atoms with Gasteiger partial charge in [0.25, 0.3) is 0 Å². The summed E-state index contributed by atoms with van der Waals surface area (Å²) in [6, 6.07) is 0.216. The number of halogens is 2. The van der Waals surface area contributed by atoms with E-state index in [2.05, 4.69) is 26.1 Å². The van der Waals surface area contributed by atoms with E-state index in [1.54, 1.807) is 7.05 Å². The lowest BCUT2D eigenvalue weighted by atomic mass is 10.2. The zero-order valence-corrected chi connectivity index (χ0v) is 13.2. The van der Waals surface area contributed by atoms with Crippen LogP contribution in [0, 0.1) is 0 Å². The van der Waals surface area contributed by atoms with Gasteiger partial charge in [-0.1, -0.05) is 11.6 Å². The lowest BCUT2D eigenvalue weighted by Crippen LogP contribution is -2.23. The minimum atomic E-state index is 0.0436. The number of hydrogen-bond acceptors (Lipinski definition) is 7. The molecule has 0 saturated heterocycles. The first kappa shape index (κ1) is 16.5. The molecule has 0 aliphatic heterocycles. The van der Waals surface area contributed by atoms with Crippen molar-refractivity contribution in [3.05, 3.63) is 10.4 Å². The first-order valence-electron chi connectivity index (χ1n) is 6.78. The molecule has 4 N–H and O–H groups in total. The molecule has 1 aromatic rings. The van der Waals surface area contributed by atoms with Gasteiger partial charge in [-0.15, -0.1) is 0 Å². The fourth-order valence-electron chi connectivity index (χ4n) is 2.38. The van der Waals surface area contributed by atoms with Crippen LogP contribution in [0.3, 0.4) is 0 Å². The van der Waals surface area contributed by atoms with E-state index in [1.807, 2.05) is 0 Å². The normalized spacial score (nSPS) is 21.5. The van der Waals surface area contributed by atoms with Gasteiger partial charge >= 0.3 is 0 Å². The van der Waals surface area contributed by atoms with Gasteiger partial charge in [-0.2, -0.15) is 4.98 Å². The topological polar surface area (TPSA) is 91.3 Å². The Labute approximate surface area is 133 Å². The van der Waals surface area contributed by atoms with Crippen LogP contribution in [-0.2, 0) is 4.74 Å². The molecule has 1 aliphatic rings. The van der Waals surface area contributed by atoms with Gasteiger partial charge in [0.15, 0.2) is 11.0 Å². The zero-order chi connectivity index (χ0) is 15.2. The molecule has 9 heteroatoms. The van der Waals surface area contributed by atoms with Crippen molar-refractivity contribution in [2.24, 2.45) is 0 Å². The van der Waals surface area contributed by atoms with E-state index in [9.17, 15) is 0 Å². The van der Waals surface area contributed by atoms with E-state index in [0.29, 0.717) is 18.1 Å². The van der Waals surface area contributed by atoms with Crippen molar-refractivity contribution in [3.63, 3.8) is 0 Å². The average molecular weight is 336 g/mol. The molecule has 1 aliphatic carbocycles. The second-order valence-electron chi connectivity index (χ2n) is 4.75. The highest BCUT2D eigenvalue weighted by Gasteiger charge is 2.26. The minimum absolute atomic E-state index is 0.0436. The molecular weight excluding hydrogens is 317 g/mol. The van der Waals surface area contributed by atoms with Crippen molar-refractivity contribution in [1.82, 2.24) is 15.4 Å². The van der Waals surface area contributed by atoms with Crippen LogP contribution >= 0.6 is 23.2 Å². The molecule has 2 atom stereocenters. The molecule has 118 valence electrons. The molecule has 1 saturated carbocycles. The van der Waals surface area contributed by atoms with Crippen molar-refractivity contribution in [2.75, 3.05) is 31.0 Å². The summed E-state index contributed by atoms with van der Waals surface area (Å²) in [6.45, 7) is 0.414. The van der Waals surface area contributed by atoms with Crippen LogP contribution in [0.1, 0.15) is 19.3 Å². The number of nitrogens with zero attached hydrogens (tertiary/aromatic N) is 2. The number of anilines is 2. The van der Waals surface area contributed by atoms with Crippen LogP contribution in [-0.4, -0.2) is 47.5 Å². The highest BCUT2D eigenvalue weighted by molar-refractivity contribution is 6.34. The first-order valence-corrected chi connectivity index (χ1v) is 7.54. The largest absolute Gasteiger partial charge is 0.394 e. The number of aromatic nitrogens is 2. The summed E-state index contributed by atoms with van der Waals surface area (Å²) < 4.78 is 5.54. The number of nitrogens with one attached hydrogen (secondary N) is 3. The second-order valence-corrected chi connectivity index (χ2v) is 5.45. The maximum atomic E-state index is 8.78. The van der Waals surface area contributed by atoms with E-state index in [4.69, 9.17) is 33.0 Å². The van der Waals surface area contributed by atoms with Gasteiger partial charge in [0.2, 0.25) is 5.28 Å². The van der Waals surface area contributed by atoms with Gasteiger partial charge in [-0.3, -0.25) is 0 Å². The highest BCUT2D eigenvalue weighted by Crippen LogP contribution is 2.31. The Morgan fingerprint density at radius 2 is 2.14 bits per heavy atom. The fourth-order valence-corrected chi connectivity index (χ4v) is 2.81. The van der Waals surface area contributed by atoms with Crippen LogP contribution < -0.4 is 16.2 Å². The van der Waals surface area contributed by atoms with Crippen LogP contribution in [0.25, 0.3) is 0 Å². The molecular formula is C12H19Cl2N5O2. The summed E-state index contributed by atoms with van der Waals surface area (Å²) in [6.07, 6.45) is 2.90. The molecule has 2 rings (SSSR count). The summed E-state index contributed by atoms with van der Waals surface area (Å²) >= 11 is 11.9. The summed E-state index contributed by atoms with van der Waals surface area (Å²) in [7, 11) is 1.73. The number of aliphatic hydroxyl groups is 1. The van der Waals surface area contributed by atoms with E-state index in [1.165, 1.54) is 0 Å². The van der Waals surface area contributed by atoms with Gasteiger partial charge in [0.1, 0.15) is 5.69 Å². The lowest BCUT2D eigenvalue weighted by Gasteiger charge is -2.18. The van der Waals surface area contributed by atoms with Crippen molar-refractivity contribution in [1.29, 1.82) is 0 Å².